The van der Waals surface area contributed by atoms with Gasteiger partial charge in [0.25, 0.3) is 0 Å². The van der Waals surface area contributed by atoms with Gasteiger partial charge in [-0.3, -0.25) is 4.57 Å². The lowest BCUT2D eigenvalue weighted by molar-refractivity contribution is 0.0329. The van der Waals surface area contributed by atoms with Crippen LogP contribution in [0.15, 0.2) is 0 Å². The van der Waals surface area contributed by atoms with Crippen LogP contribution in [0.2, 0.25) is 0 Å². The van der Waals surface area contributed by atoms with Crippen LogP contribution >= 0.6 is 7.60 Å². The molecule has 2 fully saturated rings. The third-order valence-electron chi connectivity index (χ3n) is 4.58. The van der Waals surface area contributed by atoms with Gasteiger partial charge in [0.15, 0.2) is 0 Å². The second-order valence-corrected chi connectivity index (χ2v) is 8.31. The lowest BCUT2D eigenvalue weighted by Gasteiger charge is -2.44. The first-order chi connectivity index (χ1) is 9.62. The topological polar surface area (TPSA) is 38.8 Å². The molecule has 2 saturated heterocycles. The van der Waals surface area contributed by atoms with Crippen molar-refractivity contribution >= 4 is 7.60 Å². The summed E-state index contributed by atoms with van der Waals surface area (Å²) < 4.78 is 23.3. The predicted molar refractivity (Wildman–Crippen MR) is 82.3 cm³/mol. The molecule has 0 aromatic carbocycles. The van der Waals surface area contributed by atoms with E-state index in [1.807, 2.05) is 0 Å². The molecule has 0 aromatic rings. The Bertz CT molecular complexity index is 335. The van der Waals surface area contributed by atoms with Gasteiger partial charge in [0.2, 0.25) is 0 Å². The van der Waals surface area contributed by atoms with Gasteiger partial charge in [0.1, 0.15) is 0 Å². The van der Waals surface area contributed by atoms with Crippen LogP contribution in [0.25, 0.3) is 0 Å². The van der Waals surface area contributed by atoms with E-state index in [0.29, 0.717) is 25.2 Å². The van der Waals surface area contributed by atoms with Gasteiger partial charge in [0, 0.05) is 12.7 Å². The van der Waals surface area contributed by atoms with Crippen molar-refractivity contribution < 1.29 is 13.6 Å². The van der Waals surface area contributed by atoms with Crippen molar-refractivity contribution in [1.82, 2.24) is 4.90 Å². The van der Waals surface area contributed by atoms with E-state index in [-0.39, 0.29) is 0 Å². The summed E-state index contributed by atoms with van der Waals surface area (Å²) in [7, 11) is -2.85. The van der Waals surface area contributed by atoms with Crippen LogP contribution in [0.1, 0.15) is 51.9 Å². The quantitative estimate of drug-likeness (QED) is 0.528. The zero-order valence-electron chi connectivity index (χ0n) is 13.1. The Morgan fingerprint density at radius 3 is 2.75 bits per heavy atom. The molecule has 5 heteroatoms. The third-order valence-corrected chi connectivity index (χ3v) is 5.85. The van der Waals surface area contributed by atoms with Crippen molar-refractivity contribution in [1.29, 1.82) is 0 Å². The van der Waals surface area contributed by atoms with E-state index in [9.17, 15) is 4.57 Å². The molecule has 2 rings (SSSR count). The summed E-state index contributed by atoms with van der Waals surface area (Å²) in [6, 6.07) is 0.646. The lowest BCUT2D eigenvalue weighted by atomic mass is 9.84. The predicted octanol–water partition coefficient (Wildman–Crippen LogP) is 3.91. The molecule has 2 aliphatic heterocycles. The van der Waals surface area contributed by atoms with Gasteiger partial charge in [0.05, 0.1) is 13.2 Å². The minimum Gasteiger partial charge on any atom is -0.309 e. The van der Waals surface area contributed by atoms with Crippen LogP contribution in [-0.2, 0) is 13.6 Å². The summed E-state index contributed by atoms with van der Waals surface area (Å²) in [5.74, 6) is 0.534. The number of fused-ring (bicyclic) bond motifs is 1. The summed E-state index contributed by atoms with van der Waals surface area (Å²) in [6.07, 6.45) is 8.38. The van der Waals surface area contributed by atoms with E-state index >= 15 is 0 Å². The molecule has 2 aliphatic rings. The normalized spacial score (nSPS) is 30.7. The van der Waals surface area contributed by atoms with E-state index < -0.39 is 7.60 Å². The van der Waals surface area contributed by atoms with Crippen LogP contribution in [0.4, 0.5) is 0 Å². The average Bonchev–Trinajstić information content (AvgIpc) is 2.45. The van der Waals surface area contributed by atoms with Crippen LogP contribution in [0.3, 0.4) is 0 Å². The summed E-state index contributed by atoms with van der Waals surface area (Å²) in [6.45, 7) is 7.33. The first-order valence-electron chi connectivity index (χ1n) is 8.23. The van der Waals surface area contributed by atoms with E-state index in [1.165, 1.54) is 45.2 Å². The summed E-state index contributed by atoms with van der Waals surface area (Å²) in [5, 5.41) is 0. The monoisotopic (exact) mass is 303 g/mol. The Balaban J connectivity index is 1.78. The highest BCUT2D eigenvalue weighted by atomic mass is 31.2. The fraction of sp³-hybridized carbons (Fsp3) is 1.00. The largest absolute Gasteiger partial charge is 0.327 e. The number of hydrogen-bond acceptors (Lipinski definition) is 4. The van der Waals surface area contributed by atoms with E-state index in [1.54, 1.807) is 6.66 Å². The molecule has 0 saturated carbocycles. The van der Waals surface area contributed by atoms with Crippen LogP contribution in [0.5, 0.6) is 0 Å². The van der Waals surface area contributed by atoms with E-state index in [0.717, 1.165) is 12.8 Å². The Kier molecular flexibility index (Phi) is 6.54. The molecule has 0 radical (unpaired) electrons. The van der Waals surface area contributed by atoms with Gasteiger partial charge in [-0.05, 0) is 51.1 Å². The fourth-order valence-corrected chi connectivity index (χ4v) is 4.41. The molecule has 0 spiro atoms. The highest BCUT2D eigenvalue weighted by Gasteiger charge is 2.34. The maximum Gasteiger partial charge on any atom is 0.327 e. The maximum atomic E-state index is 12.2. The molecular formula is C15H30NO3P. The standard InChI is InChI=1S/C15H30NO3P/c1-3-4-12-18-20(2,17)19-13-14-8-7-11-16-10-6-5-9-15(14)16/h14-15H,3-13H2,1-2H3/t14-,15+,20-/m0/s1. The van der Waals surface area contributed by atoms with Crippen molar-refractivity contribution in [3.8, 4) is 0 Å². The SMILES string of the molecule is CCCCO[P@](C)(=O)OC[C@@H]1CCCN2CCCC[C@H]12. The second-order valence-electron chi connectivity index (χ2n) is 6.26. The van der Waals surface area contributed by atoms with Crippen molar-refractivity contribution in [2.75, 3.05) is 33.0 Å². The van der Waals surface area contributed by atoms with Gasteiger partial charge in [-0.15, -0.1) is 0 Å². The Labute approximate surface area is 123 Å². The number of rotatable bonds is 7. The third kappa shape index (κ3) is 4.84. The van der Waals surface area contributed by atoms with E-state index in [4.69, 9.17) is 9.05 Å². The van der Waals surface area contributed by atoms with Gasteiger partial charge in [-0.2, -0.15) is 0 Å². The lowest BCUT2D eigenvalue weighted by Crippen LogP contribution is -2.49. The van der Waals surface area contributed by atoms with Crippen molar-refractivity contribution in [2.24, 2.45) is 5.92 Å². The van der Waals surface area contributed by atoms with Crippen molar-refractivity contribution in [3.05, 3.63) is 0 Å². The maximum absolute atomic E-state index is 12.2. The number of unbranched alkanes of at least 4 members (excludes halogenated alkanes) is 1. The first-order valence-corrected chi connectivity index (χ1v) is 10.2. The molecule has 0 N–H and O–H groups in total. The van der Waals surface area contributed by atoms with Gasteiger partial charge in [-0.25, -0.2) is 0 Å². The Hall–Kier alpha value is 0.110. The number of piperidine rings is 2. The van der Waals surface area contributed by atoms with Crippen LogP contribution in [0, 0.1) is 5.92 Å². The number of hydrogen-bond donors (Lipinski definition) is 0. The molecule has 2 heterocycles. The molecule has 0 aliphatic carbocycles. The van der Waals surface area contributed by atoms with Gasteiger partial charge < -0.3 is 13.9 Å². The molecule has 3 atom stereocenters. The summed E-state index contributed by atoms with van der Waals surface area (Å²) >= 11 is 0. The molecule has 0 aromatic heterocycles. The molecule has 0 amide bonds. The second kappa shape index (κ2) is 7.93. The molecule has 0 unspecified atom stereocenters. The molecule has 0 bridgehead atoms. The Morgan fingerprint density at radius 1 is 1.15 bits per heavy atom. The summed E-state index contributed by atoms with van der Waals surface area (Å²) in [4.78, 5) is 2.61. The van der Waals surface area contributed by atoms with Crippen LogP contribution < -0.4 is 0 Å². The average molecular weight is 303 g/mol. The fourth-order valence-electron chi connectivity index (χ4n) is 3.41. The van der Waals surface area contributed by atoms with Crippen molar-refractivity contribution in [3.63, 3.8) is 0 Å². The van der Waals surface area contributed by atoms with Crippen molar-refractivity contribution in [2.45, 2.75) is 57.9 Å². The Morgan fingerprint density at radius 2 is 1.95 bits per heavy atom. The summed E-state index contributed by atoms with van der Waals surface area (Å²) in [5.41, 5.74) is 0. The molecule has 4 nitrogen and oxygen atoms in total. The minimum atomic E-state index is -2.85. The first kappa shape index (κ1) is 16.5. The van der Waals surface area contributed by atoms with Crippen LogP contribution in [-0.4, -0.2) is 43.9 Å². The molecular weight excluding hydrogens is 273 g/mol. The minimum absolute atomic E-state index is 0.534. The van der Waals surface area contributed by atoms with Gasteiger partial charge in [-0.1, -0.05) is 19.8 Å². The zero-order chi connectivity index (χ0) is 14.4. The highest BCUT2D eigenvalue weighted by Crippen LogP contribution is 2.45. The van der Waals surface area contributed by atoms with E-state index in [2.05, 4.69) is 11.8 Å². The smallest absolute Gasteiger partial charge is 0.309 e. The van der Waals surface area contributed by atoms with Gasteiger partial charge >= 0.3 is 7.60 Å². The highest BCUT2D eigenvalue weighted by molar-refractivity contribution is 7.52. The zero-order valence-corrected chi connectivity index (χ0v) is 13.9. The molecule has 20 heavy (non-hydrogen) atoms. The molecule has 118 valence electrons. The number of nitrogens with zero attached hydrogens (tertiary/aromatic N) is 1.